The molecule has 2 rings (SSSR count). The van der Waals surface area contributed by atoms with E-state index < -0.39 is 0 Å². The molecule has 0 aliphatic rings. The summed E-state index contributed by atoms with van der Waals surface area (Å²) < 4.78 is 2.04. The number of nitrogens with zero attached hydrogens (tertiary/aromatic N) is 2. The lowest BCUT2D eigenvalue weighted by Crippen LogP contribution is -2.22. The number of hydrogen-bond acceptors (Lipinski definition) is 3. The minimum Gasteiger partial charge on any atom is -0.310 e. The van der Waals surface area contributed by atoms with Crippen LogP contribution in [-0.2, 0) is 6.54 Å². The molecular formula is C10H14ClN3S. The van der Waals surface area contributed by atoms with Gasteiger partial charge in [-0.05, 0) is 6.42 Å². The summed E-state index contributed by atoms with van der Waals surface area (Å²) in [5, 5.41) is 5.55. The molecule has 0 aromatic carbocycles. The summed E-state index contributed by atoms with van der Waals surface area (Å²) in [6, 6.07) is 0. The van der Waals surface area contributed by atoms with Crippen LogP contribution in [0.4, 0.5) is 0 Å². The number of imidazole rings is 1. The van der Waals surface area contributed by atoms with Gasteiger partial charge in [-0.3, -0.25) is 4.40 Å². The molecule has 0 fully saturated rings. The van der Waals surface area contributed by atoms with Gasteiger partial charge in [0.25, 0.3) is 0 Å². The summed E-state index contributed by atoms with van der Waals surface area (Å²) in [7, 11) is 0. The summed E-state index contributed by atoms with van der Waals surface area (Å²) in [5.41, 5.74) is 1.07. The van der Waals surface area contributed by atoms with Crippen LogP contribution in [0.2, 0.25) is 0 Å². The third-order valence-corrected chi connectivity index (χ3v) is 3.49. The van der Waals surface area contributed by atoms with E-state index >= 15 is 0 Å². The Bertz CT molecular complexity index is 394. The average molecular weight is 244 g/mol. The van der Waals surface area contributed by atoms with Crippen LogP contribution in [0.5, 0.6) is 0 Å². The second-order valence-electron chi connectivity index (χ2n) is 3.46. The van der Waals surface area contributed by atoms with Crippen molar-refractivity contribution in [3.05, 3.63) is 23.5 Å². The van der Waals surface area contributed by atoms with Gasteiger partial charge in [-0.25, -0.2) is 4.98 Å². The van der Waals surface area contributed by atoms with Crippen molar-refractivity contribution in [3.8, 4) is 0 Å². The second kappa shape index (κ2) is 4.96. The number of alkyl halides is 1. The third kappa shape index (κ3) is 2.71. The molecule has 1 unspecified atom stereocenters. The molecule has 0 aliphatic carbocycles. The fraction of sp³-hybridized carbons (Fsp3) is 0.500. The molecule has 0 radical (unpaired) electrons. The minimum absolute atomic E-state index is 0.216. The molecule has 2 aromatic rings. The van der Waals surface area contributed by atoms with E-state index in [4.69, 9.17) is 11.6 Å². The molecule has 5 heteroatoms. The normalized spacial score (nSPS) is 13.5. The van der Waals surface area contributed by atoms with Gasteiger partial charge in [0.05, 0.1) is 5.69 Å². The summed E-state index contributed by atoms with van der Waals surface area (Å²) in [5.74, 6) is 0. The van der Waals surface area contributed by atoms with Crippen LogP contribution in [0.3, 0.4) is 0 Å². The zero-order valence-electron chi connectivity index (χ0n) is 8.61. The Morgan fingerprint density at radius 3 is 3.27 bits per heavy atom. The van der Waals surface area contributed by atoms with Crippen molar-refractivity contribution in [1.82, 2.24) is 14.7 Å². The van der Waals surface area contributed by atoms with E-state index in [1.54, 1.807) is 11.3 Å². The summed E-state index contributed by atoms with van der Waals surface area (Å²) in [4.78, 5) is 5.52. The Hall–Kier alpha value is -0.580. The van der Waals surface area contributed by atoms with Crippen molar-refractivity contribution in [2.45, 2.75) is 25.3 Å². The van der Waals surface area contributed by atoms with Crippen LogP contribution in [-0.4, -0.2) is 21.3 Å². The van der Waals surface area contributed by atoms with Gasteiger partial charge in [0, 0.05) is 36.2 Å². The highest BCUT2D eigenvalue weighted by Gasteiger charge is 2.03. The highest BCUT2D eigenvalue weighted by molar-refractivity contribution is 7.15. The van der Waals surface area contributed by atoms with E-state index in [1.165, 1.54) is 0 Å². The van der Waals surface area contributed by atoms with Gasteiger partial charge in [-0.15, -0.1) is 22.9 Å². The molecular weight excluding hydrogens is 230 g/mol. The summed E-state index contributed by atoms with van der Waals surface area (Å²) in [6.45, 7) is 3.72. The van der Waals surface area contributed by atoms with Crippen LogP contribution >= 0.6 is 22.9 Å². The summed E-state index contributed by atoms with van der Waals surface area (Å²) >= 11 is 7.65. The number of rotatable bonds is 5. The molecule has 3 nitrogen and oxygen atoms in total. The molecule has 0 bridgehead atoms. The van der Waals surface area contributed by atoms with Crippen LogP contribution < -0.4 is 5.32 Å². The predicted molar refractivity (Wildman–Crippen MR) is 64.7 cm³/mol. The van der Waals surface area contributed by atoms with Crippen molar-refractivity contribution in [2.24, 2.45) is 0 Å². The number of fused-ring (bicyclic) bond motifs is 1. The van der Waals surface area contributed by atoms with Crippen molar-refractivity contribution >= 4 is 27.9 Å². The lowest BCUT2D eigenvalue weighted by atomic mass is 10.3. The average Bonchev–Trinajstić information content (AvgIpc) is 2.77. The maximum absolute atomic E-state index is 6.00. The van der Waals surface area contributed by atoms with Crippen molar-refractivity contribution in [2.75, 3.05) is 6.54 Å². The first-order valence-electron chi connectivity index (χ1n) is 5.05. The van der Waals surface area contributed by atoms with E-state index in [1.807, 2.05) is 22.2 Å². The van der Waals surface area contributed by atoms with Crippen molar-refractivity contribution in [3.63, 3.8) is 0 Å². The molecule has 82 valence electrons. The minimum atomic E-state index is 0.216. The van der Waals surface area contributed by atoms with Gasteiger partial charge in [0.2, 0.25) is 0 Å². The second-order valence-corrected chi connectivity index (χ2v) is 4.95. The smallest absolute Gasteiger partial charge is 0.193 e. The molecule has 15 heavy (non-hydrogen) atoms. The maximum Gasteiger partial charge on any atom is 0.193 e. The fourth-order valence-corrected chi connectivity index (χ4v) is 2.19. The van der Waals surface area contributed by atoms with Crippen molar-refractivity contribution < 1.29 is 0 Å². The van der Waals surface area contributed by atoms with Gasteiger partial charge >= 0.3 is 0 Å². The standard InChI is InChI=1S/C10H14ClN3S/c1-2-8(11)5-12-6-9-7-14-3-4-15-10(14)13-9/h3-4,7-8,12H,2,5-6H2,1H3. The first-order chi connectivity index (χ1) is 7.29. The Labute approximate surface area is 98.1 Å². The van der Waals surface area contributed by atoms with Gasteiger partial charge in [-0.2, -0.15) is 0 Å². The highest BCUT2D eigenvalue weighted by atomic mass is 35.5. The Kier molecular flexibility index (Phi) is 3.61. The predicted octanol–water partition coefficient (Wildman–Crippen LogP) is 2.50. The Balaban J connectivity index is 1.87. The molecule has 0 spiro atoms. The van der Waals surface area contributed by atoms with Crippen LogP contribution in [0, 0.1) is 0 Å². The summed E-state index contributed by atoms with van der Waals surface area (Å²) in [6.07, 6.45) is 5.06. The first kappa shape index (κ1) is 10.9. The largest absolute Gasteiger partial charge is 0.310 e. The molecule has 0 saturated carbocycles. The molecule has 0 amide bonds. The van der Waals surface area contributed by atoms with Gasteiger partial charge in [-0.1, -0.05) is 6.92 Å². The van der Waals surface area contributed by atoms with Crippen LogP contribution in [0.15, 0.2) is 17.8 Å². The molecule has 1 N–H and O–H groups in total. The molecule has 2 aromatic heterocycles. The zero-order chi connectivity index (χ0) is 10.7. The topological polar surface area (TPSA) is 29.3 Å². The number of nitrogens with one attached hydrogen (secondary N) is 1. The Morgan fingerprint density at radius 2 is 2.53 bits per heavy atom. The first-order valence-corrected chi connectivity index (χ1v) is 6.37. The molecule has 1 atom stereocenters. The van der Waals surface area contributed by atoms with Gasteiger partial charge in [0.15, 0.2) is 4.96 Å². The van der Waals surface area contributed by atoms with Gasteiger partial charge < -0.3 is 5.32 Å². The SMILES string of the molecule is CCC(Cl)CNCc1cn2ccsc2n1. The molecule has 2 heterocycles. The number of thiazole rings is 1. The monoisotopic (exact) mass is 243 g/mol. The van der Waals surface area contributed by atoms with E-state index in [0.717, 1.165) is 30.2 Å². The van der Waals surface area contributed by atoms with E-state index in [9.17, 15) is 0 Å². The molecule has 0 saturated heterocycles. The van der Waals surface area contributed by atoms with Crippen molar-refractivity contribution in [1.29, 1.82) is 0 Å². The number of halogens is 1. The molecule has 0 aliphatic heterocycles. The van der Waals surface area contributed by atoms with Crippen LogP contribution in [0.25, 0.3) is 4.96 Å². The van der Waals surface area contributed by atoms with E-state index in [-0.39, 0.29) is 5.38 Å². The third-order valence-electron chi connectivity index (χ3n) is 2.26. The zero-order valence-corrected chi connectivity index (χ0v) is 10.2. The number of aromatic nitrogens is 2. The number of hydrogen-bond donors (Lipinski definition) is 1. The van der Waals surface area contributed by atoms with E-state index in [2.05, 4.69) is 17.2 Å². The maximum atomic E-state index is 6.00. The fourth-order valence-electron chi connectivity index (χ4n) is 1.36. The quantitative estimate of drug-likeness (QED) is 0.818. The highest BCUT2D eigenvalue weighted by Crippen LogP contribution is 2.11. The Morgan fingerprint density at radius 1 is 1.67 bits per heavy atom. The van der Waals surface area contributed by atoms with E-state index in [0.29, 0.717) is 0 Å². The van der Waals surface area contributed by atoms with Crippen LogP contribution in [0.1, 0.15) is 19.0 Å². The lowest BCUT2D eigenvalue weighted by molar-refractivity contribution is 0.641. The van der Waals surface area contributed by atoms with Gasteiger partial charge in [0.1, 0.15) is 0 Å². The lowest BCUT2D eigenvalue weighted by Gasteiger charge is -2.06.